The third-order valence-electron chi connectivity index (χ3n) is 2.99. The summed E-state index contributed by atoms with van der Waals surface area (Å²) in [6.07, 6.45) is 2.05. The van der Waals surface area contributed by atoms with Crippen molar-refractivity contribution < 1.29 is 4.74 Å². The van der Waals surface area contributed by atoms with Gasteiger partial charge in [0, 0.05) is 38.7 Å². The van der Waals surface area contributed by atoms with Gasteiger partial charge in [-0.2, -0.15) is 9.97 Å². The Morgan fingerprint density at radius 2 is 2.24 bits per heavy atom. The van der Waals surface area contributed by atoms with E-state index in [0.29, 0.717) is 6.01 Å². The van der Waals surface area contributed by atoms with Gasteiger partial charge in [-0.3, -0.25) is 0 Å². The molecule has 5 heteroatoms. The number of rotatable bonds is 4. The highest BCUT2D eigenvalue weighted by Gasteiger charge is 2.19. The van der Waals surface area contributed by atoms with Crippen LogP contribution in [0.1, 0.15) is 24.6 Å². The molecule has 2 rings (SSSR count). The third-order valence-corrected chi connectivity index (χ3v) is 2.99. The molecule has 1 N–H and O–H groups in total. The Morgan fingerprint density at radius 1 is 1.41 bits per heavy atom. The molecule has 0 radical (unpaired) electrons. The number of methoxy groups -OCH3 is 1. The van der Waals surface area contributed by atoms with Crippen LogP contribution in [0.2, 0.25) is 0 Å². The Morgan fingerprint density at radius 3 is 2.94 bits per heavy atom. The maximum absolute atomic E-state index is 5.18. The summed E-state index contributed by atoms with van der Waals surface area (Å²) < 4.78 is 5.18. The molecule has 0 fully saturated rings. The SMILES string of the molecule is CCCN(C)c1nc(OC)nc2c1CNCC2. The lowest BCUT2D eigenvalue weighted by molar-refractivity contribution is 0.376. The number of hydrogen-bond donors (Lipinski definition) is 1. The van der Waals surface area contributed by atoms with Crippen molar-refractivity contribution in [3.8, 4) is 6.01 Å². The second-order valence-electron chi connectivity index (χ2n) is 4.31. The number of aromatic nitrogens is 2. The lowest BCUT2D eigenvalue weighted by Crippen LogP contribution is -2.29. The smallest absolute Gasteiger partial charge is 0.318 e. The highest BCUT2D eigenvalue weighted by molar-refractivity contribution is 5.50. The number of fused-ring (bicyclic) bond motifs is 1. The van der Waals surface area contributed by atoms with E-state index in [0.717, 1.165) is 44.0 Å². The molecule has 1 aromatic heterocycles. The average molecular weight is 236 g/mol. The lowest BCUT2D eigenvalue weighted by Gasteiger charge is -2.25. The molecule has 0 saturated heterocycles. The molecule has 0 aromatic carbocycles. The van der Waals surface area contributed by atoms with E-state index >= 15 is 0 Å². The summed E-state index contributed by atoms with van der Waals surface area (Å²) in [6.45, 7) is 4.99. The van der Waals surface area contributed by atoms with E-state index in [-0.39, 0.29) is 0 Å². The molecule has 0 saturated carbocycles. The Balaban J connectivity index is 2.40. The van der Waals surface area contributed by atoms with E-state index in [2.05, 4.69) is 34.2 Å². The van der Waals surface area contributed by atoms with E-state index in [1.807, 2.05) is 0 Å². The van der Waals surface area contributed by atoms with Crippen LogP contribution in [0, 0.1) is 0 Å². The van der Waals surface area contributed by atoms with Crippen molar-refractivity contribution in [3.63, 3.8) is 0 Å². The van der Waals surface area contributed by atoms with E-state index in [1.54, 1.807) is 7.11 Å². The summed E-state index contributed by atoms with van der Waals surface area (Å²) in [5.41, 5.74) is 2.33. The van der Waals surface area contributed by atoms with Crippen molar-refractivity contribution in [1.82, 2.24) is 15.3 Å². The molecule has 0 amide bonds. The Bertz CT molecular complexity index is 394. The zero-order valence-electron chi connectivity index (χ0n) is 10.8. The molecule has 0 aliphatic carbocycles. The van der Waals surface area contributed by atoms with Crippen molar-refractivity contribution in [3.05, 3.63) is 11.3 Å². The topological polar surface area (TPSA) is 50.3 Å². The van der Waals surface area contributed by atoms with Crippen molar-refractivity contribution in [1.29, 1.82) is 0 Å². The van der Waals surface area contributed by atoms with Gasteiger partial charge in [0.25, 0.3) is 0 Å². The summed E-state index contributed by atoms with van der Waals surface area (Å²) in [6, 6.07) is 0.476. The Hall–Kier alpha value is -1.36. The quantitative estimate of drug-likeness (QED) is 0.844. The second-order valence-corrected chi connectivity index (χ2v) is 4.31. The molecular formula is C12H20N4O. The summed E-state index contributed by atoms with van der Waals surface area (Å²) in [5, 5.41) is 3.37. The monoisotopic (exact) mass is 236 g/mol. The molecular weight excluding hydrogens is 216 g/mol. The number of anilines is 1. The highest BCUT2D eigenvalue weighted by atomic mass is 16.5. The average Bonchev–Trinajstić information content (AvgIpc) is 2.37. The molecule has 1 aliphatic heterocycles. The first kappa shape index (κ1) is 12.1. The van der Waals surface area contributed by atoms with Gasteiger partial charge in [-0.05, 0) is 6.42 Å². The van der Waals surface area contributed by atoms with Gasteiger partial charge in [-0.1, -0.05) is 6.92 Å². The normalized spacial score (nSPS) is 14.3. The minimum atomic E-state index is 0.476. The maximum Gasteiger partial charge on any atom is 0.318 e. The van der Waals surface area contributed by atoms with Crippen LogP contribution in [-0.2, 0) is 13.0 Å². The van der Waals surface area contributed by atoms with Crippen LogP contribution in [-0.4, -0.2) is 37.2 Å². The van der Waals surface area contributed by atoms with Crippen molar-refractivity contribution in [2.24, 2.45) is 0 Å². The zero-order chi connectivity index (χ0) is 12.3. The van der Waals surface area contributed by atoms with Crippen molar-refractivity contribution in [2.45, 2.75) is 26.3 Å². The third kappa shape index (κ3) is 2.49. The summed E-state index contributed by atoms with van der Waals surface area (Å²) in [4.78, 5) is 11.1. The summed E-state index contributed by atoms with van der Waals surface area (Å²) in [5.74, 6) is 1.00. The van der Waals surface area contributed by atoms with Gasteiger partial charge in [0.2, 0.25) is 0 Å². The van der Waals surface area contributed by atoms with Crippen molar-refractivity contribution in [2.75, 3.05) is 32.1 Å². The van der Waals surface area contributed by atoms with E-state index in [4.69, 9.17) is 4.74 Å². The first-order valence-corrected chi connectivity index (χ1v) is 6.12. The fraction of sp³-hybridized carbons (Fsp3) is 0.667. The summed E-state index contributed by atoms with van der Waals surface area (Å²) in [7, 11) is 3.69. The Labute approximate surface area is 102 Å². The van der Waals surface area contributed by atoms with Gasteiger partial charge in [0.05, 0.1) is 12.8 Å². The Kier molecular flexibility index (Phi) is 3.78. The highest BCUT2D eigenvalue weighted by Crippen LogP contribution is 2.25. The maximum atomic E-state index is 5.18. The molecule has 0 atom stereocenters. The van der Waals surface area contributed by atoms with Gasteiger partial charge in [0.1, 0.15) is 5.82 Å². The van der Waals surface area contributed by atoms with Crippen LogP contribution >= 0.6 is 0 Å². The van der Waals surface area contributed by atoms with E-state index in [9.17, 15) is 0 Å². The van der Waals surface area contributed by atoms with Gasteiger partial charge in [0.15, 0.2) is 0 Å². The minimum absolute atomic E-state index is 0.476. The fourth-order valence-corrected chi connectivity index (χ4v) is 2.15. The van der Waals surface area contributed by atoms with Crippen LogP contribution in [0.25, 0.3) is 0 Å². The van der Waals surface area contributed by atoms with Gasteiger partial charge in [-0.25, -0.2) is 0 Å². The number of ether oxygens (including phenoxy) is 1. The molecule has 5 nitrogen and oxygen atoms in total. The minimum Gasteiger partial charge on any atom is -0.467 e. The van der Waals surface area contributed by atoms with Crippen LogP contribution in [0.5, 0.6) is 6.01 Å². The molecule has 0 bridgehead atoms. The van der Waals surface area contributed by atoms with Crippen molar-refractivity contribution >= 4 is 5.82 Å². The van der Waals surface area contributed by atoms with Gasteiger partial charge < -0.3 is 15.0 Å². The second kappa shape index (κ2) is 5.31. The molecule has 1 aromatic rings. The van der Waals surface area contributed by atoms with Crippen LogP contribution < -0.4 is 15.0 Å². The first-order valence-electron chi connectivity index (χ1n) is 6.12. The van der Waals surface area contributed by atoms with E-state index < -0.39 is 0 Å². The predicted molar refractivity (Wildman–Crippen MR) is 67.6 cm³/mol. The molecule has 2 heterocycles. The van der Waals surface area contributed by atoms with Crippen LogP contribution in [0.15, 0.2) is 0 Å². The lowest BCUT2D eigenvalue weighted by atomic mass is 10.1. The standard InChI is InChI=1S/C12H20N4O/c1-4-7-16(2)11-9-8-13-6-5-10(9)14-12(15-11)17-3/h13H,4-8H2,1-3H3. The van der Waals surface area contributed by atoms with Crippen LogP contribution in [0.4, 0.5) is 5.82 Å². The molecule has 1 aliphatic rings. The molecule has 0 spiro atoms. The number of hydrogen-bond acceptors (Lipinski definition) is 5. The predicted octanol–water partition coefficient (Wildman–Crippen LogP) is 0.977. The fourth-order valence-electron chi connectivity index (χ4n) is 2.15. The number of nitrogens with one attached hydrogen (secondary N) is 1. The summed E-state index contributed by atoms with van der Waals surface area (Å²) >= 11 is 0. The van der Waals surface area contributed by atoms with Crippen LogP contribution in [0.3, 0.4) is 0 Å². The first-order chi connectivity index (χ1) is 8.26. The largest absolute Gasteiger partial charge is 0.467 e. The zero-order valence-corrected chi connectivity index (χ0v) is 10.8. The molecule has 94 valence electrons. The molecule has 17 heavy (non-hydrogen) atoms. The number of nitrogens with zero attached hydrogens (tertiary/aromatic N) is 3. The van der Waals surface area contributed by atoms with E-state index in [1.165, 1.54) is 5.56 Å². The van der Waals surface area contributed by atoms with Gasteiger partial charge >= 0.3 is 6.01 Å². The van der Waals surface area contributed by atoms with Gasteiger partial charge in [-0.15, -0.1) is 0 Å². The molecule has 0 unspecified atom stereocenters.